The summed E-state index contributed by atoms with van der Waals surface area (Å²) in [6, 6.07) is 0.433. The molecule has 20 heavy (non-hydrogen) atoms. The lowest BCUT2D eigenvalue weighted by atomic mass is 9.99. The molecule has 1 rings (SSSR count). The number of benzene rings is 1. The monoisotopic (exact) mass is 287 g/mol. The molecule has 0 aliphatic heterocycles. The molecule has 1 amide bonds. The number of nitrogens with zero attached hydrogens (tertiary/aromatic N) is 1. The van der Waals surface area contributed by atoms with Gasteiger partial charge in [0.2, 0.25) is 5.91 Å². The zero-order valence-corrected chi connectivity index (χ0v) is 11.0. The maximum atomic E-state index is 13.6. The van der Waals surface area contributed by atoms with Gasteiger partial charge in [-0.2, -0.15) is 0 Å². The van der Waals surface area contributed by atoms with Gasteiger partial charge in [-0.05, 0) is 12.0 Å². The Morgan fingerprint density at radius 1 is 1.50 bits per heavy atom. The van der Waals surface area contributed by atoms with Gasteiger partial charge in [0.15, 0.2) is 17.3 Å². The summed E-state index contributed by atoms with van der Waals surface area (Å²) in [5.74, 6) is -3.77. The Hall–Kier alpha value is -2.09. The van der Waals surface area contributed by atoms with Crippen LogP contribution >= 0.6 is 0 Å². The number of carbonyl (C=O) groups excluding carboxylic acids is 1. The molecule has 0 bridgehead atoms. The van der Waals surface area contributed by atoms with Crippen LogP contribution in [0.1, 0.15) is 20.3 Å². The van der Waals surface area contributed by atoms with Crippen molar-refractivity contribution in [2.24, 2.45) is 11.7 Å². The van der Waals surface area contributed by atoms with Crippen molar-refractivity contribution in [2.75, 3.05) is 5.32 Å². The Bertz CT molecular complexity index is 537. The first-order valence-corrected chi connectivity index (χ1v) is 5.98. The standard InChI is InChI=1S/C12H15F2N3O3/c1-3-6(2)10(15)12(18)16-11-8(17(19)20)5-4-7(13)9(11)14/h4-6,10H,3,15H2,1-2H3,(H,16,18)/t6-,10-/m0/s1. The molecule has 3 N–H and O–H groups in total. The maximum absolute atomic E-state index is 13.6. The molecule has 0 spiro atoms. The zero-order chi connectivity index (χ0) is 15.4. The second-order valence-corrected chi connectivity index (χ2v) is 4.41. The van der Waals surface area contributed by atoms with Crippen LogP contribution in [0.4, 0.5) is 20.2 Å². The van der Waals surface area contributed by atoms with Crippen molar-refractivity contribution in [1.82, 2.24) is 0 Å². The SMILES string of the molecule is CC[C@H](C)[C@H](N)C(=O)Nc1c([N+](=O)[O-])ccc(F)c1F. The number of amides is 1. The highest BCUT2D eigenvalue weighted by Gasteiger charge is 2.26. The number of halogens is 2. The van der Waals surface area contributed by atoms with E-state index in [4.69, 9.17) is 5.73 Å². The average molecular weight is 287 g/mol. The van der Waals surface area contributed by atoms with Crippen LogP contribution < -0.4 is 11.1 Å². The number of hydrogen-bond donors (Lipinski definition) is 2. The Balaban J connectivity index is 3.11. The number of rotatable bonds is 5. The van der Waals surface area contributed by atoms with Gasteiger partial charge in [0.1, 0.15) is 0 Å². The Morgan fingerprint density at radius 2 is 2.10 bits per heavy atom. The Morgan fingerprint density at radius 3 is 2.60 bits per heavy atom. The quantitative estimate of drug-likeness (QED) is 0.640. The lowest BCUT2D eigenvalue weighted by Gasteiger charge is -2.17. The van der Waals surface area contributed by atoms with Gasteiger partial charge in [-0.1, -0.05) is 20.3 Å². The van der Waals surface area contributed by atoms with Crippen molar-refractivity contribution in [3.05, 3.63) is 33.9 Å². The number of nitro benzene ring substituents is 1. The highest BCUT2D eigenvalue weighted by atomic mass is 19.2. The van der Waals surface area contributed by atoms with Gasteiger partial charge >= 0.3 is 0 Å². The first-order chi connectivity index (χ1) is 9.29. The van der Waals surface area contributed by atoms with Gasteiger partial charge in [-0.25, -0.2) is 8.78 Å². The topological polar surface area (TPSA) is 98.3 Å². The number of nitrogens with one attached hydrogen (secondary N) is 1. The van der Waals surface area contributed by atoms with E-state index in [2.05, 4.69) is 0 Å². The van der Waals surface area contributed by atoms with E-state index in [1.807, 2.05) is 12.2 Å². The van der Waals surface area contributed by atoms with E-state index in [9.17, 15) is 23.7 Å². The molecular formula is C12H15F2N3O3. The fourth-order valence-corrected chi connectivity index (χ4v) is 1.53. The molecule has 0 fully saturated rings. The van der Waals surface area contributed by atoms with Gasteiger partial charge in [0.25, 0.3) is 5.69 Å². The van der Waals surface area contributed by atoms with Gasteiger partial charge < -0.3 is 11.1 Å². The number of nitro groups is 1. The van der Waals surface area contributed by atoms with Gasteiger partial charge in [-0.15, -0.1) is 0 Å². The zero-order valence-electron chi connectivity index (χ0n) is 11.0. The van der Waals surface area contributed by atoms with Crippen molar-refractivity contribution in [3.8, 4) is 0 Å². The molecule has 2 atom stereocenters. The maximum Gasteiger partial charge on any atom is 0.296 e. The molecule has 0 unspecified atom stereocenters. The van der Waals surface area contributed by atoms with Crippen molar-refractivity contribution in [2.45, 2.75) is 26.3 Å². The lowest BCUT2D eigenvalue weighted by Crippen LogP contribution is -2.41. The minimum absolute atomic E-state index is 0.203. The fraction of sp³-hybridized carbons (Fsp3) is 0.417. The Kier molecular flexibility index (Phi) is 5.09. The van der Waals surface area contributed by atoms with Crippen molar-refractivity contribution in [3.63, 3.8) is 0 Å². The van der Waals surface area contributed by atoms with Crippen molar-refractivity contribution < 1.29 is 18.5 Å². The average Bonchev–Trinajstić information content (AvgIpc) is 2.41. The lowest BCUT2D eigenvalue weighted by molar-refractivity contribution is -0.384. The van der Waals surface area contributed by atoms with E-state index in [1.54, 1.807) is 6.92 Å². The summed E-state index contributed by atoms with van der Waals surface area (Å²) in [6.07, 6.45) is 0.600. The minimum Gasteiger partial charge on any atom is -0.320 e. The smallest absolute Gasteiger partial charge is 0.296 e. The van der Waals surface area contributed by atoms with Crippen LogP contribution in [0.3, 0.4) is 0 Å². The number of nitrogens with two attached hydrogens (primary N) is 1. The predicted molar refractivity (Wildman–Crippen MR) is 69.1 cm³/mol. The van der Waals surface area contributed by atoms with E-state index >= 15 is 0 Å². The summed E-state index contributed by atoms with van der Waals surface area (Å²) in [6.45, 7) is 3.52. The third kappa shape index (κ3) is 3.27. The van der Waals surface area contributed by atoms with E-state index < -0.39 is 39.9 Å². The summed E-state index contributed by atoms with van der Waals surface area (Å²) in [7, 11) is 0. The molecule has 0 aliphatic rings. The van der Waals surface area contributed by atoms with Crippen LogP contribution in [0.25, 0.3) is 0 Å². The summed E-state index contributed by atoms with van der Waals surface area (Å²) < 4.78 is 26.7. The molecule has 1 aromatic carbocycles. The summed E-state index contributed by atoms with van der Waals surface area (Å²) in [5, 5.41) is 12.8. The molecule has 8 heteroatoms. The van der Waals surface area contributed by atoms with Gasteiger partial charge in [0.05, 0.1) is 11.0 Å². The van der Waals surface area contributed by atoms with Crippen LogP contribution in [-0.4, -0.2) is 16.9 Å². The van der Waals surface area contributed by atoms with Gasteiger partial charge in [-0.3, -0.25) is 14.9 Å². The van der Waals surface area contributed by atoms with Crippen LogP contribution in [0.2, 0.25) is 0 Å². The minimum atomic E-state index is -1.48. The molecular weight excluding hydrogens is 272 g/mol. The molecule has 1 aromatic rings. The molecule has 0 saturated heterocycles. The normalized spacial score (nSPS) is 13.7. The highest BCUT2D eigenvalue weighted by Crippen LogP contribution is 2.29. The van der Waals surface area contributed by atoms with E-state index in [0.29, 0.717) is 12.5 Å². The highest BCUT2D eigenvalue weighted by molar-refractivity contribution is 5.96. The van der Waals surface area contributed by atoms with Crippen molar-refractivity contribution in [1.29, 1.82) is 0 Å². The first kappa shape index (κ1) is 16.0. The molecule has 0 aliphatic carbocycles. The second-order valence-electron chi connectivity index (χ2n) is 4.41. The number of hydrogen-bond acceptors (Lipinski definition) is 4. The van der Waals surface area contributed by atoms with Crippen LogP contribution in [0.5, 0.6) is 0 Å². The first-order valence-electron chi connectivity index (χ1n) is 5.98. The summed E-state index contributed by atoms with van der Waals surface area (Å²) >= 11 is 0. The third-order valence-corrected chi connectivity index (χ3v) is 3.08. The van der Waals surface area contributed by atoms with E-state index in [1.165, 1.54) is 0 Å². The largest absolute Gasteiger partial charge is 0.320 e. The van der Waals surface area contributed by atoms with E-state index in [0.717, 1.165) is 6.07 Å². The summed E-state index contributed by atoms with van der Waals surface area (Å²) in [4.78, 5) is 21.7. The van der Waals surface area contributed by atoms with Crippen molar-refractivity contribution >= 4 is 17.3 Å². The van der Waals surface area contributed by atoms with Crippen LogP contribution in [0.15, 0.2) is 12.1 Å². The molecule has 0 aromatic heterocycles. The Labute approximate surface area is 114 Å². The number of carbonyl (C=O) groups is 1. The predicted octanol–water partition coefficient (Wildman–Crippen LogP) is 2.18. The van der Waals surface area contributed by atoms with Crippen LogP contribution in [-0.2, 0) is 4.79 Å². The molecule has 0 saturated carbocycles. The number of anilines is 1. The van der Waals surface area contributed by atoms with E-state index in [-0.39, 0.29) is 5.92 Å². The molecule has 0 radical (unpaired) electrons. The summed E-state index contributed by atoms with van der Waals surface area (Å²) in [5.41, 5.74) is 4.10. The second kappa shape index (κ2) is 6.38. The fourth-order valence-electron chi connectivity index (χ4n) is 1.53. The molecule has 6 nitrogen and oxygen atoms in total. The molecule has 110 valence electrons. The van der Waals surface area contributed by atoms with Gasteiger partial charge in [0, 0.05) is 6.07 Å². The third-order valence-electron chi connectivity index (χ3n) is 3.08. The molecule has 0 heterocycles. The van der Waals surface area contributed by atoms with Crippen LogP contribution in [0, 0.1) is 27.7 Å².